The lowest BCUT2D eigenvalue weighted by Gasteiger charge is -2.29. The van der Waals surface area contributed by atoms with Gasteiger partial charge in [0.1, 0.15) is 28.6 Å². The highest BCUT2D eigenvalue weighted by Gasteiger charge is 2.36. The summed E-state index contributed by atoms with van der Waals surface area (Å²) >= 11 is 6.07. The second kappa shape index (κ2) is 18.9. The molecule has 2 atom stereocenters. The molecule has 16 nitrogen and oxygen atoms in total. The first-order chi connectivity index (χ1) is 26.6. The number of halogens is 5. The zero-order valence-electron chi connectivity index (χ0n) is 32.8. The molecule has 312 valence electrons. The van der Waals surface area contributed by atoms with E-state index in [9.17, 15) is 27.2 Å². The summed E-state index contributed by atoms with van der Waals surface area (Å²) in [5, 5.41) is 18.3. The second-order valence-corrected chi connectivity index (χ2v) is 14.9. The number of hydrogen-bond acceptors (Lipinski definition) is 12. The number of aromatic nitrogens is 8. The number of nitrogens with zero attached hydrogens (tertiary/aromatic N) is 8. The van der Waals surface area contributed by atoms with E-state index >= 15 is 0 Å². The number of hydrogen-bond donors (Lipinski definition) is 6. The fraction of sp³-hybridized carbons (Fsp3) is 0.556. The van der Waals surface area contributed by atoms with Gasteiger partial charge in [0, 0.05) is 61.3 Å². The van der Waals surface area contributed by atoms with E-state index in [1.54, 1.807) is 35.3 Å². The molecule has 2 aliphatic rings. The van der Waals surface area contributed by atoms with Crippen LogP contribution in [0.1, 0.15) is 88.0 Å². The lowest BCUT2D eigenvalue weighted by atomic mass is 9.92. The molecular weight excluding hydrogens is 772 g/mol. The van der Waals surface area contributed by atoms with E-state index in [1.807, 2.05) is 39.8 Å². The first kappa shape index (κ1) is 44.6. The number of carbonyl (C=O) groups excluding carboxylic acids is 2. The van der Waals surface area contributed by atoms with E-state index in [-0.39, 0.29) is 42.9 Å². The van der Waals surface area contributed by atoms with Crippen molar-refractivity contribution >= 4 is 40.9 Å². The maximum absolute atomic E-state index is 13.4. The molecule has 4 aromatic rings. The molecule has 0 saturated heterocycles. The van der Waals surface area contributed by atoms with Crippen molar-refractivity contribution in [1.29, 1.82) is 0 Å². The average Bonchev–Trinajstić information content (AvgIpc) is 3.64. The topological polar surface area (TPSA) is 235 Å². The van der Waals surface area contributed by atoms with E-state index in [0.717, 1.165) is 22.8 Å². The molecule has 0 spiro atoms. The van der Waals surface area contributed by atoms with Crippen LogP contribution in [0.4, 0.5) is 35.0 Å². The molecule has 0 aromatic carbocycles. The highest BCUT2D eigenvalue weighted by atomic mass is 35.5. The van der Waals surface area contributed by atoms with E-state index in [1.165, 1.54) is 0 Å². The Morgan fingerprint density at radius 3 is 1.46 bits per heavy atom. The minimum atomic E-state index is -2.59. The molecule has 0 radical (unpaired) electrons. The van der Waals surface area contributed by atoms with Gasteiger partial charge in [0.2, 0.25) is 23.7 Å². The van der Waals surface area contributed by atoms with Gasteiger partial charge in [-0.3, -0.25) is 9.59 Å². The molecule has 2 aliphatic carbocycles. The van der Waals surface area contributed by atoms with Crippen LogP contribution < -0.4 is 33.2 Å². The van der Waals surface area contributed by atoms with Crippen molar-refractivity contribution in [3.05, 3.63) is 52.2 Å². The highest BCUT2D eigenvalue weighted by Crippen LogP contribution is 2.35. The molecule has 2 unspecified atom stereocenters. The Morgan fingerprint density at radius 2 is 1.09 bits per heavy atom. The quantitative estimate of drug-likeness (QED) is 0.0884. The molecule has 0 bridgehead atoms. The summed E-state index contributed by atoms with van der Waals surface area (Å²) in [7, 11) is 0. The van der Waals surface area contributed by atoms with E-state index in [4.69, 9.17) is 23.1 Å². The summed E-state index contributed by atoms with van der Waals surface area (Å²) in [6.45, 7) is 10.7. The van der Waals surface area contributed by atoms with Crippen LogP contribution in [0.5, 0.6) is 0 Å². The van der Waals surface area contributed by atoms with Gasteiger partial charge in [-0.1, -0.05) is 11.6 Å². The molecule has 4 heterocycles. The second-order valence-electron chi connectivity index (χ2n) is 14.5. The molecule has 0 aliphatic heterocycles. The van der Waals surface area contributed by atoms with Crippen molar-refractivity contribution < 1.29 is 27.2 Å². The van der Waals surface area contributed by atoms with Crippen molar-refractivity contribution in [3.8, 4) is 11.9 Å². The van der Waals surface area contributed by atoms with Crippen LogP contribution >= 0.6 is 11.6 Å². The number of aryl methyl sites for hydroxylation is 4. The van der Waals surface area contributed by atoms with E-state index in [2.05, 4.69) is 51.8 Å². The van der Waals surface area contributed by atoms with Gasteiger partial charge in [0.25, 0.3) is 11.9 Å². The molecule has 57 heavy (non-hydrogen) atoms. The lowest BCUT2D eigenvalue weighted by molar-refractivity contribution is -0.119. The van der Waals surface area contributed by atoms with Gasteiger partial charge in [0.15, 0.2) is 0 Å². The summed E-state index contributed by atoms with van der Waals surface area (Å²) in [6.07, 6.45) is 1.02. The van der Waals surface area contributed by atoms with Gasteiger partial charge in [-0.25, -0.2) is 26.9 Å². The Balaban J connectivity index is 0.000000224. The molecule has 9 N–H and O–H groups in total. The number of primary amides is 2. The molecule has 2 fully saturated rings. The molecule has 4 aromatic heterocycles. The van der Waals surface area contributed by atoms with Crippen molar-refractivity contribution in [2.45, 2.75) is 129 Å². The maximum Gasteiger partial charge on any atom is 0.254 e. The van der Waals surface area contributed by atoms with Crippen molar-refractivity contribution in [1.82, 2.24) is 39.5 Å². The summed E-state index contributed by atoms with van der Waals surface area (Å²) in [5.41, 5.74) is 18.4. The Hall–Kier alpha value is -5.11. The molecule has 2 amide bonds. The molecule has 2 saturated carbocycles. The normalized spacial score (nSPS) is 17.5. The third kappa shape index (κ3) is 13.5. The number of amides is 2. The predicted molar refractivity (Wildman–Crippen MR) is 209 cm³/mol. The van der Waals surface area contributed by atoms with Gasteiger partial charge in [-0.2, -0.15) is 30.1 Å². The smallest absolute Gasteiger partial charge is 0.254 e. The van der Waals surface area contributed by atoms with Crippen LogP contribution in [0.3, 0.4) is 0 Å². The largest absolute Gasteiger partial charge is 0.368 e. The van der Waals surface area contributed by atoms with Crippen molar-refractivity contribution in [2.24, 2.45) is 17.2 Å². The van der Waals surface area contributed by atoms with E-state index < -0.39 is 35.7 Å². The Kier molecular flexibility index (Phi) is 14.8. The third-order valence-corrected chi connectivity index (χ3v) is 9.37. The highest BCUT2D eigenvalue weighted by molar-refractivity contribution is 6.29. The molecule has 6 rings (SSSR count). The predicted octanol–water partition coefficient (Wildman–Crippen LogP) is 5.30. The number of carbonyl (C=O) groups is 2. The Morgan fingerprint density at radius 1 is 0.702 bits per heavy atom. The van der Waals surface area contributed by atoms with Gasteiger partial charge < -0.3 is 33.2 Å². The summed E-state index contributed by atoms with van der Waals surface area (Å²) < 4.78 is 56.5. The summed E-state index contributed by atoms with van der Waals surface area (Å²) in [5.74, 6) is -4.03. The number of nitrogens with two attached hydrogens (primary N) is 3. The van der Waals surface area contributed by atoms with Crippen LogP contribution in [-0.4, -0.2) is 87.3 Å². The first-order valence-electron chi connectivity index (χ1n) is 18.5. The third-order valence-electron chi connectivity index (χ3n) is 9.17. The number of nitrogens with one attached hydrogen (secondary N) is 3. The number of alkyl halides is 4. The van der Waals surface area contributed by atoms with Crippen LogP contribution in [0.25, 0.3) is 11.9 Å². The Labute approximate surface area is 333 Å². The van der Waals surface area contributed by atoms with Crippen molar-refractivity contribution in [3.63, 3.8) is 0 Å². The van der Waals surface area contributed by atoms with Crippen LogP contribution in [0.2, 0.25) is 5.15 Å². The average molecular weight is 823 g/mol. The minimum Gasteiger partial charge on any atom is -0.368 e. The van der Waals surface area contributed by atoms with Gasteiger partial charge in [0.05, 0.1) is 17.4 Å². The standard InChI is InChI=1S/C18H25F2N7O.C15H18ClF2N5.C3H8N2O/c1-10-8-11(2)27(26-10)17-24-14(22-12(3)16(21)28)9-15(25-17)23-13-4-6-18(19,20)7-5-13;1-9-7-10(2)23(22-9)14-20-12(16)8-13(21-14)19-11-3-5-15(17,18)6-4-11;1-2(4)3(5)6/h8-9,12-13H,4-7H2,1-3H3,(H2,21,28)(H2,22,23,24,25);7-8,11H,3-6H2,1-2H3,(H,19,20,21);2H,4H2,1H3,(H2,5,6). The minimum absolute atomic E-state index is 0.0334. The van der Waals surface area contributed by atoms with Gasteiger partial charge >= 0.3 is 0 Å². The van der Waals surface area contributed by atoms with Crippen LogP contribution in [-0.2, 0) is 9.59 Å². The Bertz CT molecular complexity index is 1990. The monoisotopic (exact) mass is 822 g/mol. The van der Waals surface area contributed by atoms with Gasteiger partial charge in [-0.15, -0.1) is 0 Å². The van der Waals surface area contributed by atoms with E-state index in [0.29, 0.717) is 55.0 Å². The van der Waals surface area contributed by atoms with Crippen LogP contribution in [0, 0.1) is 27.7 Å². The first-order valence-corrected chi connectivity index (χ1v) is 18.9. The zero-order chi connectivity index (χ0) is 42.2. The lowest BCUT2D eigenvalue weighted by Crippen LogP contribution is -2.33. The summed E-state index contributed by atoms with van der Waals surface area (Å²) in [6, 6.07) is 5.77. The molecule has 21 heteroatoms. The molecular formula is C36H51ClF4N14O2. The maximum atomic E-state index is 13.4. The fourth-order valence-corrected chi connectivity index (χ4v) is 6.17. The number of rotatable bonds is 10. The fourth-order valence-electron chi connectivity index (χ4n) is 5.99. The SMILES string of the molecule is CC(N)C(N)=O.Cc1cc(C)n(-c2nc(Cl)cc(NC3CCC(F)(F)CC3)n2)n1.Cc1cc(C)n(-c2nc(NC3CCC(F)(F)CC3)cc(NC(C)C(N)=O)n2)n1. The zero-order valence-corrected chi connectivity index (χ0v) is 33.5. The van der Waals surface area contributed by atoms with Crippen molar-refractivity contribution in [2.75, 3.05) is 16.0 Å². The summed E-state index contributed by atoms with van der Waals surface area (Å²) in [4.78, 5) is 38.7. The number of anilines is 3. The van der Waals surface area contributed by atoms with Gasteiger partial charge in [-0.05, 0) is 79.4 Å². The van der Waals surface area contributed by atoms with Crippen LogP contribution in [0.15, 0.2) is 24.3 Å².